The summed E-state index contributed by atoms with van der Waals surface area (Å²) in [6.45, 7) is 3.94. The smallest absolute Gasteiger partial charge is 0.319 e. The summed E-state index contributed by atoms with van der Waals surface area (Å²) in [6, 6.07) is 6.88. The first-order valence-electron chi connectivity index (χ1n) is 7.25. The van der Waals surface area contributed by atoms with Gasteiger partial charge in [-0.3, -0.25) is 4.79 Å². The van der Waals surface area contributed by atoms with Gasteiger partial charge in [-0.05, 0) is 37.1 Å². The molecule has 5 heteroatoms. The van der Waals surface area contributed by atoms with Crippen molar-refractivity contribution in [2.75, 3.05) is 11.9 Å². The van der Waals surface area contributed by atoms with Crippen LogP contribution in [-0.4, -0.2) is 24.5 Å². The summed E-state index contributed by atoms with van der Waals surface area (Å²) in [5, 5.41) is 8.34. The van der Waals surface area contributed by atoms with Crippen LogP contribution in [0.25, 0.3) is 0 Å². The largest absolute Gasteiger partial charge is 0.349 e. The Bertz CT molecular complexity index is 505. The van der Waals surface area contributed by atoms with Crippen LogP contribution in [0, 0.1) is 0 Å². The highest BCUT2D eigenvalue weighted by Crippen LogP contribution is 2.18. The molecule has 0 bridgehead atoms. The van der Waals surface area contributed by atoms with Gasteiger partial charge in [-0.1, -0.05) is 18.9 Å². The fourth-order valence-corrected chi connectivity index (χ4v) is 2.38. The molecule has 1 saturated carbocycles. The van der Waals surface area contributed by atoms with Gasteiger partial charge in [-0.25, -0.2) is 4.79 Å². The molecule has 2 rings (SSSR count). The van der Waals surface area contributed by atoms with Crippen LogP contribution in [0.5, 0.6) is 0 Å². The Kier molecular flexibility index (Phi) is 5.37. The van der Waals surface area contributed by atoms with Gasteiger partial charge in [0.1, 0.15) is 0 Å². The van der Waals surface area contributed by atoms with E-state index in [1.807, 2.05) is 0 Å². The van der Waals surface area contributed by atoms with Crippen molar-refractivity contribution in [2.45, 2.75) is 31.7 Å². The zero-order valence-corrected chi connectivity index (χ0v) is 12.0. The van der Waals surface area contributed by atoms with Crippen molar-refractivity contribution in [1.29, 1.82) is 0 Å². The quantitative estimate of drug-likeness (QED) is 0.729. The van der Waals surface area contributed by atoms with Crippen LogP contribution in [-0.2, 0) is 0 Å². The number of rotatable bonds is 5. The van der Waals surface area contributed by atoms with Gasteiger partial charge in [0, 0.05) is 23.8 Å². The Morgan fingerprint density at radius 1 is 1.19 bits per heavy atom. The second-order valence-corrected chi connectivity index (χ2v) is 5.16. The number of carbonyl (C=O) groups excluding carboxylic acids is 2. The van der Waals surface area contributed by atoms with E-state index in [0.29, 0.717) is 23.8 Å². The van der Waals surface area contributed by atoms with E-state index < -0.39 is 0 Å². The zero-order valence-electron chi connectivity index (χ0n) is 12.0. The number of nitrogens with one attached hydrogen (secondary N) is 3. The predicted molar refractivity (Wildman–Crippen MR) is 83.4 cm³/mol. The highest BCUT2D eigenvalue weighted by atomic mass is 16.2. The molecule has 0 aliphatic heterocycles. The van der Waals surface area contributed by atoms with E-state index in [-0.39, 0.29) is 11.9 Å². The third-order valence-electron chi connectivity index (χ3n) is 3.50. The highest BCUT2D eigenvalue weighted by molar-refractivity contribution is 5.95. The average molecular weight is 287 g/mol. The summed E-state index contributed by atoms with van der Waals surface area (Å²) in [4.78, 5) is 23.5. The average Bonchev–Trinajstić information content (AvgIpc) is 2.98. The molecule has 1 aliphatic rings. The molecule has 5 nitrogen and oxygen atoms in total. The van der Waals surface area contributed by atoms with E-state index in [4.69, 9.17) is 0 Å². The molecule has 0 atom stereocenters. The lowest BCUT2D eigenvalue weighted by Crippen LogP contribution is -2.32. The first-order chi connectivity index (χ1) is 10.2. The van der Waals surface area contributed by atoms with Crippen LogP contribution in [0.3, 0.4) is 0 Å². The minimum Gasteiger partial charge on any atom is -0.349 e. The zero-order chi connectivity index (χ0) is 15.1. The molecule has 3 amide bonds. The minimum absolute atomic E-state index is 0.0513. The Balaban J connectivity index is 1.87. The maximum absolute atomic E-state index is 12.1. The molecule has 1 fully saturated rings. The summed E-state index contributed by atoms with van der Waals surface area (Å²) in [7, 11) is 0. The van der Waals surface area contributed by atoms with E-state index in [2.05, 4.69) is 22.5 Å². The Morgan fingerprint density at radius 3 is 2.48 bits per heavy atom. The van der Waals surface area contributed by atoms with Crippen molar-refractivity contribution in [2.24, 2.45) is 0 Å². The molecule has 1 aliphatic carbocycles. The number of anilines is 1. The van der Waals surface area contributed by atoms with Gasteiger partial charge in [-0.2, -0.15) is 0 Å². The van der Waals surface area contributed by atoms with Crippen LogP contribution in [0.15, 0.2) is 36.9 Å². The molecule has 21 heavy (non-hydrogen) atoms. The number of hydrogen-bond acceptors (Lipinski definition) is 2. The lowest BCUT2D eigenvalue weighted by atomic mass is 10.1. The molecular weight excluding hydrogens is 266 g/mol. The van der Waals surface area contributed by atoms with Crippen molar-refractivity contribution >= 4 is 17.6 Å². The van der Waals surface area contributed by atoms with Gasteiger partial charge in [0.2, 0.25) is 0 Å². The van der Waals surface area contributed by atoms with Crippen molar-refractivity contribution in [1.82, 2.24) is 10.6 Å². The molecule has 3 N–H and O–H groups in total. The van der Waals surface area contributed by atoms with E-state index in [9.17, 15) is 9.59 Å². The monoisotopic (exact) mass is 287 g/mol. The maximum atomic E-state index is 12.1. The fraction of sp³-hybridized carbons (Fsp3) is 0.375. The predicted octanol–water partition coefficient (Wildman–Crippen LogP) is 2.67. The second kappa shape index (κ2) is 7.47. The lowest BCUT2D eigenvalue weighted by Gasteiger charge is -2.12. The van der Waals surface area contributed by atoms with E-state index >= 15 is 0 Å². The molecule has 1 aromatic rings. The Hall–Kier alpha value is -2.30. The fourth-order valence-electron chi connectivity index (χ4n) is 2.38. The highest BCUT2D eigenvalue weighted by Gasteiger charge is 2.17. The summed E-state index contributed by atoms with van der Waals surface area (Å²) >= 11 is 0. The summed E-state index contributed by atoms with van der Waals surface area (Å²) < 4.78 is 0. The topological polar surface area (TPSA) is 70.2 Å². The van der Waals surface area contributed by atoms with Gasteiger partial charge in [0.05, 0.1) is 0 Å². The minimum atomic E-state index is -0.293. The molecule has 1 aromatic carbocycles. The molecule has 0 spiro atoms. The van der Waals surface area contributed by atoms with Crippen molar-refractivity contribution in [3.05, 3.63) is 42.5 Å². The first-order valence-corrected chi connectivity index (χ1v) is 7.25. The first kappa shape index (κ1) is 15.1. The Morgan fingerprint density at radius 2 is 1.86 bits per heavy atom. The van der Waals surface area contributed by atoms with Gasteiger partial charge >= 0.3 is 6.03 Å². The molecule has 0 heterocycles. The maximum Gasteiger partial charge on any atom is 0.319 e. The second-order valence-electron chi connectivity index (χ2n) is 5.16. The van der Waals surface area contributed by atoms with E-state index in [0.717, 1.165) is 12.8 Å². The van der Waals surface area contributed by atoms with Crippen LogP contribution in [0.4, 0.5) is 10.5 Å². The van der Waals surface area contributed by atoms with Gasteiger partial charge in [0.25, 0.3) is 5.91 Å². The molecule has 0 radical (unpaired) electrons. The van der Waals surface area contributed by atoms with Crippen LogP contribution in [0.1, 0.15) is 36.0 Å². The Labute approximate surface area is 124 Å². The van der Waals surface area contributed by atoms with Crippen LogP contribution in [0.2, 0.25) is 0 Å². The molecule has 112 valence electrons. The van der Waals surface area contributed by atoms with Gasteiger partial charge in [0.15, 0.2) is 0 Å². The number of carbonyl (C=O) groups is 2. The molecular formula is C16H21N3O2. The molecule has 0 aromatic heterocycles. The summed E-state index contributed by atoms with van der Waals surface area (Å²) in [5.74, 6) is -0.0513. The van der Waals surface area contributed by atoms with Crippen LogP contribution >= 0.6 is 0 Å². The van der Waals surface area contributed by atoms with E-state index in [1.54, 1.807) is 30.3 Å². The third kappa shape index (κ3) is 4.63. The van der Waals surface area contributed by atoms with Crippen molar-refractivity contribution < 1.29 is 9.59 Å². The standard InChI is InChI=1S/C16H21N3O2/c1-2-11-17-16(21)19-14-9-7-12(8-10-14)15(20)18-13-5-3-4-6-13/h2,7-10,13H,1,3-6,11H2,(H,18,20)(H2,17,19,21). The SMILES string of the molecule is C=CCNC(=O)Nc1ccc(C(=O)NC2CCCC2)cc1. The summed E-state index contributed by atoms with van der Waals surface area (Å²) in [6.07, 6.45) is 6.11. The van der Waals surface area contributed by atoms with Gasteiger partial charge < -0.3 is 16.0 Å². The molecule has 0 unspecified atom stereocenters. The normalized spacial score (nSPS) is 14.5. The van der Waals surface area contributed by atoms with Crippen LogP contribution < -0.4 is 16.0 Å². The van der Waals surface area contributed by atoms with E-state index in [1.165, 1.54) is 12.8 Å². The van der Waals surface area contributed by atoms with Crippen molar-refractivity contribution in [3.8, 4) is 0 Å². The number of amides is 3. The number of benzene rings is 1. The summed E-state index contributed by atoms with van der Waals surface area (Å²) in [5.41, 5.74) is 1.26. The molecule has 0 saturated heterocycles. The third-order valence-corrected chi connectivity index (χ3v) is 3.50. The lowest BCUT2D eigenvalue weighted by molar-refractivity contribution is 0.0938. The van der Waals surface area contributed by atoms with Gasteiger partial charge in [-0.15, -0.1) is 6.58 Å². The van der Waals surface area contributed by atoms with Crippen molar-refractivity contribution in [3.63, 3.8) is 0 Å². The number of urea groups is 1. The number of hydrogen-bond donors (Lipinski definition) is 3.